The Morgan fingerprint density at radius 2 is 1.64 bits per heavy atom. The first kappa shape index (κ1) is 10.4. The standard InChI is InChI=1S/C7H9ClN2.ClH/c1-4-2-6(9)7(10)3-5(4)8;/h2-3H,9-10H2,1H3;1H. The van der Waals surface area contributed by atoms with E-state index in [2.05, 4.69) is 0 Å². The van der Waals surface area contributed by atoms with E-state index in [1.54, 1.807) is 12.1 Å². The van der Waals surface area contributed by atoms with Gasteiger partial charge in [0.25, 0.3) is 0 Å². The summed E-state index contributed by atoms with van der Waals surface area (Å²) in [7, 11) is 0. The van der Waals surface area contributed by atoms with Gasteiger partial charge in [-0.15, -0.1) is 12.4 Å². The van der Waals surface area contributed by atoms with Crippen LogP contribution in [0.5, 0.6) is 0 Å². The molecule has 11 heavy (non-hydrogen) atoms. The van der Waals surface area contributed by atoms with Crippen LogP contribution < -0.4 is 11.5 Å². The summed E-state index contributed by atoms with van der Waals surface area (Å²) in [6, 6.07) is 3.42. The molecule has 4 heteroatoms. The summed E-state index contributed by atoms with van der Waals surface area (Å²) in [5.74, 6) is 0. The van der Waals surface area contributed by atoms with Crippen molar-refractivity contribution in [2.45, 2.75) is 6.92 Å². The Morgan fingerprint density at radius 1 is 1.18 bits per heavy atom. The monoisotopic (exact) mass is 192 g/mol. The van der Waals surface area contributed by atoms with E-state index in [9.17, 15) is 0 Å². The minimum atomic E-state index is 0. The molecule has 0 unspecified atom stereocenters. The molecule has 1 rings (SSSR count). The van der Waals surface area contributed by atoms with Gasteiger partial charge < -0.3 is 11.5 Å². The Bertz CT molecular complexity index is 211. The van der Waals surface area contributed by atoms with E-state index >= 15 is 0 Å². The maximum Gasteiger partial charge on any atom is 0.0562 e. The Balaban J connectivity index is 0.000001000. The number of nitrogens with two attached hydrogens (primary N) is 2. The van der Waals surface area contributed by atoms with Crippen molar-refractivity contribution in [3.05, 3.63) is 22.7 Å². The fourth-order valence-electron chi connectivity index (χ4n) is 0.719. The van der Waals surface area contributed by atoms with Gasteiger partial charge in [-0.1, -0.05) is 11.6 Å². The third-order valence-corrected chi connectivity index (χ3v) is 1.77. The molecule has 2 nitrogen and oxygen atoms in total. The van der Waals surface area contributed by atoms with Crippen LogP contribution in [0, 0.1) is 6.92 Å². The van der Waals surface area contributed by atoms with Crippen LogP contribution in [0.3, 0.4) is 0 Å². The number of rotatable bonds is 0. The molecular formula is C7H10Cl2N2. The van der Waals surface area contributed by atoms with Crippen LogP contribution in [0.2, 0.25) is 5.02 Å². The first-order valence-electron chi connectivity index (χ1n) is 2.92. The summed E-state index contributed by atoms with van der Waals surface area (Å²) < 4.78 is 0. The van der Waals surface area contributed by atoms with Crippen LogP contribution in [0.15, 0.2) is 12.1 Å². The molecule has 0 aliphatic heterocycles. The van der Waals surface area contributed by atoms with E-state index < -0.39 is 0 Å². The van der Waals surface area contributed by atoms with Gasteiger partial charge in [0.05, 0.1) is 11.4 Å². The van der Waals surface area contributed by atoms with Crippen molar-refractivity contribution < 1.29 is 0 Å². The van der Waals surface area contributed by atoms with Crippen LogP contribution in [-0.4, -0.2) is 0 Å². The molecule has 0 bridgehead atoms. The average molecular weight is 193 g/mol. The molecule has 0 saturated heterocycles. The van der Waals surface area contributed by atoms with Crippen molar-refractivity contribution in [1.82, 2.24) is 0 Å². The van der Waals surface area contributed by atoms with Gasteiger partial charge in [-0.25, -0.2) is 0 Å². The zero-order valence-corrected chi connectivity index (χ0v) is 7.67. The van der Waals surface area contributed by atoms with Crippen LogP contribution >= 0.6 is 24.0 Å². The number of benzene rings is 1. The van der Waals surface area contributed by atoms with Crippen molar-refractivity contribution in [3.63, 3.8) is 0 Å². The molecule has 0 spiro atoms. The molecule has 62 valence electrons. The molecule has 1 aromatic carbocycles. The molecule has 0 saturated carbocycles. The lowest BCUT2D eigenvalue weighted by molar-refractivity contribution is 1.47. The number of hydrogen-bond acceptors (Lipinski definition) is 2. The molecular weight excluding hydrogens is 183 g/mol. The van der Waals surface area contributed by atoms with Gasteiger partial charge in [0.2, 0.25) is 0 Å². The topological polar surface area (TPSA) is 52.0 Å². The third-order valence-electron chi connectivity index (χ3n) is 1.36. The van der Waals surface area contributed by atoms with Gasteiger partial charge >= 0.3 is 0 Å². The molecule has 4 N–H and O–H groups in total. The molecule has 0 atom stereocenters. The van der Waals surface area contributed by atoms with E-state index in [1.807, 2.05) is 6.92 Å². The lowest BCUT2D eigenvalue weighted by Crippen LogP contribution is -1.94. The molecule has 0 radical (unpaired) electrons. The van der Waals surface area contributed by atoms with E-state index in [1.165, 1.54) is 0 Å². The van der Waals surface area contributed by atoms with Gasteiger partial charge in [-0.3, -0.25) is 0 Å². The highest BCUT2D eigenvalue weighted by Gasteiger charge is 1.98. The highest BCUT2D eigenvalue weighted by atomic mass is 35.5. The smallest absolute Gasteiger partial charge is 0.0562 e. The van der Waals surface area contributed by atoms with E-state index in [-0.39, 0.29) is 12.4 Å². The van der Waals surface area contributed by atoms with Crippen molar-refractivity contribution >= 4 is 35.4 Å². The lowest BCUT2D eigenvalue weighted by Gasteiger charge is -2.02. The SMILES string of the molecule is Cc1cc(N)c(N)cc1Cl.Cl. The van der Waals surface area contributed by atoms with Gasteiger partial charge in [-0.05, 0) is 24.6 Å². The molecule has 0 aliphatic carbocycles. The van der Waals surface area contributed by atoms with Crippen molar-refractivity contribution in [1.29, 1.82) is 0 Å². The fraction of sp³-hybridized carbons (Fsp3) is 0.143. The van der Waals surface area contributed by atoms with Crippen molar-refractivity contribution in [2.75, 3.05) is 11.5 Å². The van der Waals surface area contributed by atoms with Gasteiger partial charge in [0.15, 0.2) is 0 Å². The van der Waals surface area contributed by atoms with Crippen LogP contribution in [0.25, 0.3) is 0 Å². The summed E-state index contributed by atoms with van der Waals surface area (Å²) in [6.07, 6.45) is 0. The summed E-state index contributed by atoms with van der Waals surface area (Å²) in [4.78, 5) is 0. The molecule has 0 amide bonds. The predicted octanol–water partition coefficient (Wildman–Crippen LogP) is 2.23. The Hall–Kier alpha value is -0.600. The van der Waals surface area contributed by atoms with Gasteiger partial charge in [0, 0.05) is 5.02 Å². The minimum absolute atomic E-state index is 0. The molecule has 0 aromatic heterocycles. The molecule has 0 fully saturated rings. The largest absolute Gasteiger partial charge is 0.397 e. The summed E-state index contributed by atoms with van der Waals surface area (Å²) in [5.41, 5.74) is 13.1. The average Bonchev–Trinajstić information content (AvgIpc) is 1.84. The Kier molecular flexibility index (Phi) is 3.49. The van der Waals surface area contributed by atoms with E-state index in [4.69, 9.17) is 23.1 Å². The second kappa shape index (κ2) is 3.69. The number of hydrogen-bond donors (Lipinski definition) is 2. The Labute approximate surface area is 76.9 Å². The van der Waals surface area contributed by atoms with Crippen LogP contribution in [-0.2, 0) is 0 Å². The quantitative estimate of drug-likeness (QED) is 0.620. The second-order valence-electron chi connectivity index (χ2n) is 2.23. The maximum atomic E-state index is 5.75. The van der Waals surface area contributed by atoms with Crippen LogP contribution in [0.1, 0.15) is 5.56 Å². The maximum absolute atomic E-state index is 5.75. The predicted molar refractivity (Wildman–Crippen MR) is 52.3 cm³/mol. The number of halogens is 2. The number of aryl methyl sites for hydroxylation is 1. The van der Waals surface area contributed by atoms with Crippen LogP contribution in [0.4, 0.5) is 11.4 Å². The normalized spacial score (nSPS) is 8.91. The van der Waals surface area contributed by atoms with E-state index in [0.717, 1.165) is 5.56 Å². The zero-order valence-electron chi connectivity index (χ0n) is 6.10. The highest BCUT2D eigenvalue weighted by molar-refractivity contribution is 6.31. The van der Waals surface area contributed by atoms with Gasteiger partial charge in [0.1, 0.15) is 0 Å². The summed E-state index contributed by atoms with van der Waals surface area (Å²) in [6.45, 7) is 1.89. The lowest BCUT2D eigenvalue weighted by atomic mass is 10.2. The minimum Gasteiger partial charge on any atom is -0.397 e. The summed E-state index contributed by atoms with van der Waals surface area (Å²) in [5, 5.41) is 0.659. The highest BCUT2D eigenvalue weighted by Crippen LogP contribution is 2.23. The molecule has 0 heterocycles. The van der Waals surface area contributed by atoms with E-state index in [0.29, 0.717) is 16.4 Å². The van der Waals surface area contributed by atoms with Crippen molar-refractivity contribution in [3.8, 4) is 0 Å². The molecule has 0 aliphatic rings. The first-order valence-corrected chi connectivity index (χ1v) is 3.30. The van der Waals surface area contributed by atoms with Gasteiger partial charge in [-0.2, -0.15) is 0 Å². The summed E-state index contributed by atoms with van der Waals surface area (Å²) >= 11 is 5.75. The third kappa shape index (κ3) is 2.17. The Morgan fingerprint density at radius 3 is 2.09 bits per heavy atom. The zero-order chi connectivity index (χ0) is 7.72. The van der Waals surface area contributed by atoms with Crippen molar-refractivity contribution in [2.24, 2.45) is 0 Å². The fourth-order valence-corrected chi connectivity index (χ4v) is 0.891. The number of nitrogen functional groups attached to an aromatic ring is 2. The first-order chi connectivity index (χ1) is 4.61. The second-order valence-corrected chi connectivity index (χ2v) is 2.64. The molecule has 1 aromatic rings. The number of anilines is 2.